The van der Waals surface area contributed by atoms with Gasteiger partial charge in [0.2, 0.25) is 0 Å². The van der Waals surface area contributed by atoms with Crippen LogP contribution in [0, 0.1) is 6.92 Å². The summed E-state index contributed by atoms with van der Waals surface area (Å²) in [5, 5.41) is 0. The first kappa shape index (κ1) is 14.1. The highest BCUT2D eigenvalue weighted by molar-refractivity contribution is 7.99. The van der Waals surface area contributed by atoms with Crippen LogP contribution in [-0.4, -0.2) is 6.29 Å². The van der Waals surface area contributed by atoms with E-state index < -0.39 is 11.7 Å². The summed E-state index contributed by atoms with van der Waals surface area (Å²) in [6.07, 6.45) is -3.60. The van der Waals surface area contributed by atoms with Gasteiger partial charge in [0.1, 0.15) is 0 Å². The molecule has 0 fully saturated rings. The smallest absolute Gasteiger partial charge is 0.297 e. The molecule has 0 atom stereocenters. The van der Waals surface area contributed by atoms with Crippen LogP contribution < -0.4 is 0 Å². The molecule has 1 heterocycles. The summed E-state index contributed by atoms with van der Waals surface area (Å²) in [5.41, 5.74) is -0.666. The molecule has 2 rings (SSSR count). The molecule has 0 spiro atoms. The van der Waals surface area contributed by atoms with E-state index in [0.29, 0.717) is 9.77 Å². The molecule has 0 aliphatic heterocycles. The highest BCUT2D eigenvalue weighted by atomic mass is 32.2. The van der Waals surface area contributed by atoms with Crippen molar-refractivity contribution in [3.63, 3.8) is 0 Å². The van der Waals surface area contributed by atoms with Crippen LogP contribution in [0.3, 0.4) is 0 Å². The van der Waals surface area contributed by atoms with Gasteiger partial charge in [-0.05, 0) is 31.2 Å². The van der Waals surface area contributed by atoms with Crippen LogP contribution in [0.4, 0.5) is 13.2 Å². The number of thiophene rings is 1. The Kier molecular flexibility index (Phi) is 4.01. The average molecular weight is 302 g/mol. The molecule has 2 aromatic rings. The minimum atomic E-state index is -4.34. The van der Waals surface area contributed by atoms with Crippen molar-refractivity contribution in [2.24, 2.45) is 0 Å². The fraction of sp³-hybridized carbons (Fsp3) is 0.154. The van der Waals surface area contributed by atoms with Crippen LogP contribution in [-0.2, 0) is 6.18 Å². The van der Waals surface area contributed by atoms with Crippen LogP contribution in [0.5, 0.6) is 0 Å². The molecule has 6 heteroatoms. The Labute approximate surface area is 116 Å². The Hall–Kier alpha value is -1.27. The number of halogens is 3. The number of benzene rings is 1. The predicted octanol–water partition coefficient (Wildman–Crippen LogP) is 5.04. The number of hydrogen-bond acceptors (Lipinski definition) is 3. The van der Waals surface area contributed by atoms with E-state index in [-0.39, 0.29) is 0 Å². The lowest BCUT2D eigenvalue weighted by Gasteiger charge is -2.08. The number of aryl methyl sites for hydroxylation is 1. The molecule has 0 N–H and O–H groups in total. The molecule has 0 unspecified atom stereocenters. The lowest BCUT2D eigenvalue weighted by atomic mass is 10.2. The summed E-state index contributed by atoms with van der Waals surface area (Å²) in [4.78, 5) is 13.5. The molecule has 1 nitrogen and oxygen atoms in total. The molecule has 1 aromatic heterocycles. The van der Waals surface area contributed by atoms with Gasteiger partial charge in [0.25, 0.3) is 0 Å². The Bertz CT molecular complexity index is 602. The third-order valence-electron chi connectivity index (χ3n) is 2.40. The van der Waals surface area contributed by atoms with Crippen LogP contribution in [0.2, 0.25) is 0 Å². The van der Waals surface area contributed by atoms with E-state index in [9.17, 15) is 18.0 Å². The number of carbonyl (C=O) groups is 1. The minimum Gasteiger partial charge on any atom is -0.297 e. The fourth-order valence-electron chi connectivity index (χ4n) is 1.51. The standard InChI is InChI=1S/C13H9F3OS2/c1-8-12(6-11(7-17)18-8)19-10-4-2-3-9(5-10)13(14,15)16/h2-7H,1H3. The van der Waals surface area contributed by atoms with Crippen molar-refractivity contribution in [2.45, 2.75) is 22.9 Å². The SMILES string of the molecule is Cc1sc(C=O)cc1Sc1cccc(C(F)(F)F)c1. The maximum atomic E-state index is 12.6. The number of alkyl halides is 3. The highest BCUT2D eigenvalue weighted by Crippen LogP contribution is 2.37. The molecule has 0 aliphatic rings. The highest BCUT2D eigenvalue weighted by Gasteiger charge is 2.30. The zero-order chi connectivity index (χ0) is 14.0. The van der Waals surface area contributed by atoms with Gasteiger partial charge in [0.05, 0.1) is 10.4 Å². The summed E-state index contributed by atoms with van der Waals surface area (Å²) in [6, 6.07) is 6.85. The third-order valence-corrected chi connectivity index (χ3v) is 4.64. The molecule has 100 valence electrons. The van der Waals surface area contributed by atoms with Crippen molar-refractivity contribution < 1.29 is 18.0 Å². The van der Waals surface area contributed by atoms with Gasteiger partial charge in [0.15, 0.2) is 6.29 Å². The fourth-order valence-corrected chi connectivity index (χ4v) is 3.49. The van der Waals surface area contributed by atoms with Crippen molar-refractivity contribution in [2.75, 3.05) is 0 Å². The van der Waals surface area contributed by atoms with Gasteiger partial charge < -0.3 is 0 Å². The lowest BCUT2D eigenvalue weighted by Crippen LogP contribution is -2.04. The van der Waals surface area contributed by atoms with Crippen molar-refractivity contribution in [3.8, 4) is 0 Å². The molecule has 0 saturated heterocycles. The maximum absolute atomic E-state index is 12.6. The minimum absolute atomic E-state index is 0.508. The quantitative estimate of drug-likeness (QED) is 0.739. The summed E-state index contributed by atoms with van der Waals surface area (Å²) >= 11 is 2.56. The number of hydrogen-bond donors (Lipinski definition) is 0. The van der Waals surface area contributed by atoms with Crippen LogP contribution in [0.25, 0.3) is 0 Å². The largest absolute Gasteiger partial charge is 0.416 e. The Morgan fingerprint density at radius 3 is 2.58 bits per heavy atom. The first-order valence-electron chi connectivity index (χ1n) is 5.31. The Morgan fingerprint density at radius 1 is 1.26 bits per heavy atom. The van der Waals surface area contributed by atoms with E-state index in [0.717, 1.165) is 28.2 Å². The molecule has 1 aromatic carbocycles. The third kappa shape index (κ3) is 3.39. The van der Waals surface area contributed by atoms with Gasteiger partial charge in [-0.1, -0.05) is 17.8 Å². The topological polar surface area (TPSA) is 17.1 Å². The average Bonchev–Trinajstić information content (AvgIpc) is 2.70. The van der Waals surface area contributed by atoms with Crippen molar-refractivity contribution in [1.29, 1.82) is 0 Å². The molecular formula is C13H9F3OS2. The molecule has 0 saturated carbocycles. The van der Waals surface area contributed by atoms with Gasteiger partial charge in [-0.25, -0.2) is 0 Å². The van der Waals surface area contributed by atoms with Crippen molar-refractivity contribution in [1.82, 2.24) is 0 Å². The Balaban J connectivity index is 2.28. The lowest BCUT2D eigenvalue weighted by molar-refractivity contribution is -0.137. The number of aldehydes is 1. The number of carbonyl (C=O) groups excluding carboxylic acids is 1. The van der Waals surface area contributed by atoms with Crippen molar-refractivity contribution >= 4 is 29.4 Å². The second kappa shape index (κ2) is 5.38. The molecule has 0 radical (unpaired) electrons. The zero-order valence-electron chi connectivity index (χ0n) is 9.82. The first-order chi connectivity index (χ1) is 8.90. The van der Waals surface area contributed by atoms with Gasteiger partial charge in [0, 0.05) is 14.7 Å². The van der Waals surface area contributed by atoms with E-state index in [1.54, 1.807) is 12.1 Å². The second-order valence-electron chi connectivity index (χ2n) is 3.81. The van der Waals surface area contributed by atoms with Gasteiger partial charge in [-0.2, -0.15) is 13.2 Å². The molecular weight excluding hydrogens is 293 g/mol. The van der Waals surface area contributed by atoms with Crippen LogP contribution >= 0.6 is 23.1 Å². The molecule has 0 amide bonds. The van der Waals surface area contributed by atoms with E-state index in [1.807, 2.05) is 6.92 Å². The van der Waals surface area contributed by atoms with E-state index in [2.05, 4.69) is 0 Å². The number of rotatable bonds is 3. The second-order valence-corrected chi connectivity index (χ2v) is 6.22. The maximum Gasteiger partial charge on any atom is 0.416 e. The van der Waals surface area contributed by atoms with Gasteiger partial charge >= 0.3 is 6.18 Å². The van der Waals surface area contributed by atoms with Gasteiger partial charge in [-0.3, -0.25) is 4.79 Å². The summed E-state index contributed by atoms with van der Waals surface area (Å²) in [5.74, 6) is 0. The van der Waals surface area contributed by atoms with E-state index in [1.165, 1.54) is 29.2 Å². The summed E-state index contributed by atoms with van der Waals surface area (Å²) in [7, 11) is 0. The predicted molar refractivity (Wildman–Crippen MR) is 70.0 cm³/mol. The van der Waals surface area contributed by atoms with E-state index in [4.69, 9.17) is 0 Å². The van der Waals surface area contributed by atoms with Crippen molar-refractivity contribution in [3.05, 3.63) is 45.6 Å². The normalized spacial score (nSPS) is 11.6. The first-order valence-corrected chi connectivity index (χ1v) is 6.94. The summed E-state index contributed by atoms with van der Waals surface area (Å²) in [6.45, 7) is 1.84. The molecule has 19 heavy (non-hydrogen) atoms. The summed E-state index contributed by atoms with van der Waals surface area (Å²) < 4.78 is 37.8. The van der Waals surface area contributed by atoms with Crippen LogP contribution in [0.15, 0.2) is 40.1 Å². The zero-order valence-corrected chi connectivity index (χ0v) is 11.5. The molecule has 0 aliphatic carbocycles. The van der Waals surface area contributed by atoms with E-state index >= 15 is 0 Å². The Morgan fingerprint density at radius 2 is 2.00 bits per heavy atom. The van der Waals surface area contributed by atoms with Gasteiger partial charge in [-0.15, -0.1) is 11.3 Å². The van der Waals surface area contributed by atoms with Crippen LogP contribution in [0.1, 0.15) is 20.1 Å². The molecule has 0 bridgehead atoms. The monoisotopic (exact) mass is 302 g/mol.